The minimum atomic E-state index is -0.537. The van der Waals surface area contributed by atoms with Crippen molar-refractivity contribution in [3.63, 3.8) is 0 Å². The Kier molecular flexibility index (Phi) is 7.74. The molecule has 2 aromatic carbocycles. The first-order valence-corrected chi connectivity index (χ1v) is 12.0. The van der Waals surface area contributed by atoms with Crippen molar-refractivity contribution in [2.75, 3.05) is 25.6 Å². The molecule has 10 heteroatoms. The number of hydrogen-bond acceptors (Lipinski definition) is 9. The molecule has 0 saturated carbocycles. The number of benzene rings is 2. The van der Waals surface area contributed by atoms with Gasteiger partial charge in [0.1, 0.15) is 43.5 Å². The Morgan fingerprint density at radius 3 is 2.77 bits per heavy atom. The van der Waals surface area contributed by atoms with Crippen LogP contribution in [0.2, 0.25) is 0 Å². The summed E-state index contributed by atoms with van der Waals surface area (Å²) < 4.78 is 12.0. The number of amides is 1. The third kappa shape index (κ3) is 5.84. The highest BCUT2D eigenvalue weighted by atomic mass is 32.1. The summed E-state index contributed by atoms with van der Waals surface area (Å²) >= 11 is 1.54. The number of aliphatic hydroxyl groups is 1. The van der Waals surface area contributed by atoms with Gasteiger partial charge in [-0.1, -0.05) is 6.07 Å². The highest BCUT2D eigenvalue weighted by Crippen LogP contribution is 2.33. The van der Waals surface area contributed by atoms with Crippen LogP contribution in [0.5, 0.6) is 11.5 Å². The molecule has 2 heterocycles. The van der Waals surface area contributed by atoms with E-state index in [1.54, 1.807) is 23.9 Å². The van der Waals surface area contributed by atoms with Crippen molar-refractivity contribution in [1.29, 1.82) is 0 Å². The van der Waals surface area contributed by atoms with E-state index in [-0.39, 0.29) is 18.6 Å². The lowest BCUT2D eigenvalue weighted by Gasteiger charge is -2.24. The summed E-state index contributed by atoms with van der Waals surface area (Å²) in [5, 5.41) is 15.2. The van der Waals surface area contributed by atoms with E-state index in [4.69, 9.17) is 14.6 Å². The largest absolute Gasteiger partial charge is 0.491 e. The number of hydrogen-bond donors (Lipinski definition) is 2. The number of rotatable bonds is 10. The molecule has 0 aliphatic heterocycles. The molecule has 35 heavy (non-hydrogen) atoms. The van der Waals surface area contributed by atoms with Crippen LogP contribution in [0.15, 0.2) is 53.6 Å². The van der Waals surface area contributed by atoms with Gasteiger partial charge < -0.3 is 24.8 Å². The zero-order valence-corrected chi connectivity index (χ0v) is 20.6. The highest BCUT2D eigenvalue weighted by molar-refractivity contribution is 7.07. The van der Waals surface area contributed by atoms with Crippen molar-refractivity contribution in [3.05, 3.63) is 64.9 Å². The lowest BCUT2D eigenvalue weighted by atomic mass is 10.1. The van der Waals surface area contributed by atoms with Gasteiger partial charge in [-0.25, -0.2) is 15.0 Å². The number of anilines is 2. The Hall–Kier alpha value is -3.76. The van der Waals surface area contributed by atoms with Crippen LogP contribution >= 0.6 is 11.3 Å². The summed E-state index contributed by atoms with van der Waals surface area (Å²) in [5.74, 6) is 1.63. The number of ether oxygens (including phenoxy) is 2. The van der Waals surface area contributed by atoms with Crippen LogP contribution in [-0.2, 0) is 11.4 Å². The van der Waals surface area contributed by atoms with E-state index in [2.05, 4.69) is 20.3 Å². The summed E-state index contributed by atoms with van der Waals surface area (Å²) in [5.41, 5.74) is 5.24. The molecule has 0 aliphatic carbocycles. The van der Waals surface area contributed by atoms with E-state index in [9.17, 15) is 4.79 Å². The minimum Gasteiger partial charge on any atom is -0.491 e. The summed E-state index contributed by atoms with van der Waals surface area (Å²) in [6.45, 7) is 3.98. The van der Waals surface area contributed by atoms with E-state index >= 15 is 0 Å². The van der Waals surface area contributed by atoms with Crippen LogP contribution in [0.3, 0.4) is 0 Å². The van der Waals surface area contributed by atoms with E-state index in [1.165, 1.54) is 11.2 Å². The molecule has 1 amide bonds. The van der Waals surface area contributed by atoms with Crippen molar-refractivity contribution in [2.45, 2.75) is 26.5 Å². The number of nitrogens with one attached hydrogen (secondary N) is 1. The molecule has 4 aromatic rings. The molecule has 0 saturated heterocycles. The second-order valence-corrected chi connectivity index (χ2v) is 8.79. The topological polar surface area (TPSA) is 110 Å². The first kappa shape index (κ1) is 24.4. The standard InChI is InChI=1S/C25H27N5O4S/c1-16-9-18(7-8-21(16)34-12-19-13-35-15-28-19)29-25-24-20(26-14-27-25)5-4-6-22(24)33-11-17(2)30(3)23(32)10-31/h4-9,13-15,17,31H,10-12H2,1-3H3,(H,26,27,29)/t17-/m1/s1. The second-order valence-electron chi connectivity index (χ2n) is 8.07. The monoisotopic (exact) mass is 493 g/mol. The SMILES string of the molecule is Cc1cc(Nc2ncnc3cccc(OC[C@@H](C)N(C)C(=O)CO)c23)ccc1OCc1cscn1. The van der Waals surface area contributed by atoms with Gasteiger partial charge in [0.15, 0.2) is 0 Å². The molecule has 4 rings (SSSR count). The maximum Gasteiger partial charge on any atom is 0.248 e. The number of thiazole rings is 1. The van der Waals surface area contributed by atoms with Crippen LogP contribution in [0.4, 0.5) is 11.5 Å². The average Bonchev–Trinajstić information content (AvgIpc) is 3.39. The van der Waals surface area contributed by atoms with Gasteiger partial charge in [0.25, 0.3) is 0 Å². The molecule has 0 fully saturated rings. The first-order valence-electron chi connectivity index (χ1n) is 11.1. The fourth-order valence-electron chi connectivity index (χ4n) is 3.46. The van der Waals surface area contributed by atoms with Crippen molar-refractivity contribution >= 4 is 39.7 Å². The molecular formula is C25H27N5O4S. The summed E-state index contributed by atoms with van der Waals surface area (Å²) in [6.07, 6.45) is 1.50. The average molecular weight is 494 g/mol. The maximum atomic E-state index is 11.8. The first-order chi connectivity index (χ1) is 17.0. The van der Waals surface area contributed by atoms with Crippen molar-refractivity contribution in [3.8, 4) is 11.5 Å². The molecule has 9 nitrogen and oxygen atoms in total. The summed E-state index contributed by atoms with van der Waals surface area (Å²) in [4.78, 5) is 26.3. The highest BCUT2D eigenvalue weighted by Gasteiger charge is 2.17. The molecule has 2 aromatic heterocycles. The van der Waals surface area contributed by atoms with Crippen LogP contribution in [0, 0.1) is 6.92 Å². The molecule has 0 bridgehead atoms. The molecule has 182 valence electrons. The van der Waals surface area contributed by atoms with Gasteiger partial charge in [0.2, 0.25) is 5.91 Å². The van der Waals surface area contributed by atoms with Crippen molar-refractivity contribution in [2.24, 2.45) is 0 Å². The molecular weight excluding hydrogens is 466 g/mol. The van der Waals surface area contributed by atoms with E-state index in [1.807, 2.05) is 55.6 Å². The Bertz CT molecular complexity index is 1290. The Morgan fingerprint density at radius 1 is 1.17 bits per heavy atom. The van der Waals surface area contributed by atoms with Crippen LogP contribution in [0.25, 0.3) is 10.9 Å². The van der Waals surface area contributed by atoms with Gasteiger partial charge >= 0.3 is 0 Å². The number of aromatic nitrogens is 3. The number of fused-ring (bicyclic) bond motifs is 1. The fraction of sp³-hybridized carbons (Fsp3) is 0.280. The molecule has 2 N–H and O–H groups in total. The Labute approximate surface area is 207 Å². The lowest BCUT2D eigenvalue weighted by molar-refractivity contribution is -0.135. The quantitative estimate of drug-likeness (QED) is 0.342. The number of nitrogens with zero attached hydrogens (tertiary/aromatic N) is 4. The lowest BCUT2D eigenvalue weighted by Crippen LogP contribution is -2.40. The maximum absolute atomic E-state index is 11.8. The van der Waals surface area contributed by atoms with Gasteiger partial charge in [0, 0.05) is 18.1 Å². The Morgan fingerprint density at radius 2 is 2.03 bits per heavy atom. The van der Waals surface area contributed by atoms with Gasteiger partial charge in [-0.2, -0.15) is 0 Å². The number of likely N-dealkylation sites (N-methyl/N-ethyl adjacent to an activating group) is 1. The third-order valence-electron chi connectivity index (χ3n) is 5.59. The summed E-state index contributed by atoms with van der Waals surface area (Å²) in [6, 6.07) is 11.2. The van der Waals surface area contributed by atoms with Gasteiger partial charge in [-0.15, -0.1) is 11.3 Å². The molecule has 1 atom stereocenters. The van der Waals surface area contributed by atoms with Gasteiger partial charge in [-0.3, -0.25) is 4.79 Å². The summed E-state index contributed by atoms with van der Waals surface area (Å²) in [7, 11) is 1.64. The Balaban J connectivity index is 1.52. The predicted molar refractivity (Wildman–Crippen MR) is 135 cm³/mol. The number of aryl methyl sites for hydroxylation is 1. The molecule has 0 spiro atoms. The number of aliphatic hydroxyl groups excluding tert-OH is 1. The van der Waals surface area contributed by atoms with E-state index < -0.39 is 6.61 Å². The molecule has 0 radical (unpaired) electrons. The van der Waals surface area contributed by atoms with Gasteiger partial charge in [-0.05, 0) is 49.7 Å². The number of carbonyl (C=O) groups is 1. The smallest absolute Gasteiger partial charge is 0.248 e. The van der Waals surface area contributed by atoms with Crippen molar-refractivity contribution < 1.29 is 19.4 Å². The van der Waals surface area contributed by atoms with Crippen LogP contribution < -0.4 is 14.8 Å². The predicted octanol–water partition coefficient (Wildman–Crippen LogP) is 3.94. The minimum absolute atomic E-state index is 0.231. The number of carbonyl (C=O) groups excluding carboxylic acids is 1. The van der Waals surface area contributed by atoms with E-state index in [0.29, 0.717) is 18.2 Å². The fourth-order valence-corrected chi connectivity index (χ4v) is 4.00. The molecule has 0 aliphatic rings. The van der Waals surface area contributed by atoms with Gasteiger partial charge in [0.05, 0.1) is 28.1 Å². The van der Waals surface area contributed by atoms with E-state index in [0.717, 1.165) is 33.6 Å². The van der Waals surface area contributed by atoms with Crippen LogP contribution in [-0.4, -0.2) is 57.2 Å². The zero-order valence-electron chi connectivity index (χ0n) is 19.8. The normalized spacial score (nSPS) is 11.8. The van der Waals surface area contributed by atoms with Crippen LogP contribution in [0.1, 0.15) is 18.2 Å². The second kappa shape index (κ2) is 11.1. The van der Waals surface area contributed by atoms with Crippen molar-refractivity contribution in [1.82, 2.24) is 19.9 Å². The molecule has 0 unspecified atom stereocenters. The zero-order chi connectivity index (χ0) is 24.8. The third-order valence-corrected chi connectivity index (χ3v) is 6.23.